The molecule has 7 nitrogen and oxygen atoms in total. The highest BCUT2D eigenvalue weighted by molar-refractivity contribution is 6.36. The number of pyridine rings is 2. The highest BCUT2D eigenvalue weighted by Gasteiger charge is 2.23. The van der Waals surface area contributed by atoms with Crippen LogP contribution in [0.4, 0.5) is 5.82 Å². The number of likely N-dealkylation sites (tertiary alicyclic amines) is 1. The third kappa shape index (κ3) is 5.81. The van der Waals surface area contributed by atoms with Crippen LogP contribution in [0.1, 0.15) is 28.8 Å². The lowest BCUT2D eigenvalue weighted by Crippen LogP contribution is -2.44. The zero-order chi connectivity index (χ0) is 24.0. The third-order valence-electron chi connectivity index (χ3n) is 6.69. The molecule has 8 heteroatoms. The molecular weight excluding hydrogens is 462 g/mol. The van der Waals surface area contributed by atoms with Crippen molar-refractivity contribution in [2.45, 2.75) is 25.4 Å². The molecule has 2 aliphatic rings. The van der Waals surface area contributed by atoms with Gasteiger partial charge in [0.25, 0.3) is 5.91 Å². The first-order valence-electron chi connectivity index (χ1n) is 12.2. The van der Waals surface area contributed by atoms with Gasteiger partial charge in [0.2, 0.25) is 0 Å². The van der Waals surface area contributed by atoms with E-state index in [9.17, 15) is 4.79 Å². The lowest BCUT2D eigenvalue weighted by molar-refractivity contribution is 0.0909. The van der Waals surface area contributed by atoms with Crippen molar-refractivity contribution < 1.29 is 9.53 Å². The Kier molecular flexibility index (Phi) is 7.57. The van der Waals surface area contributed by atoms with E-state index in [-0.39, 0.29) is 11.9 Å². The average molecular weight is 492 g/mol. The predicted octanol–water partition coefficient (Wildman–Crippen LogP) is 4.03. The van der Waals surface area contributed by atoms with Crippen molar-refractivity contribution in [1.29, 1.82) is 0 Å². The summed E-state index contributed by atoms with van der Waals surface area (Å²) in [4.78, 5) is 26.5. The SMILES string of the molecule is O=C(NC1CCN(Cc2ccc(N3CCOCC3)nc2)CC1)c1cccc(-c2cccnc2)c1Cl. The van der Waals surface area contributed by atoms with Gasteiger partial charge in [-0.3, -0.25) is 14.7 Å². The number of piperidine rings is 1. The van der Waals surface area contributed by atoms with Crippen LogP contribution < -0.4 is 10.2 Å². The number of hydrogen-bond acceptors (Lipinski definition) is 6. The average Bonchev–Trinajstić information content (AvgIpc) is 2.91. The van der Waals surface area contributed by atoms with Crippen LogP contribution in [0.3, 0.4) is 0 Å². The topological polar surface area (TPSA) is 70.6 Å². The number of nitrogens with zero attached hydrogens (tertiary/aromatic N) is 4. The number of hydrogen-bond donors (Lipinski definition) is 1. The smallest absolute Gasteiger partial charge is 0.253 e. The van der Waals surface area contributed by atoms with E-state index < -0.39 is 0 Å². The van der Waals surface area contributed by atoms with Crippen LogP contribution in [-0.4, -0.2) is 66.2 Å². The molecule has 0 bridgehead atoms. The summed E-state index contributed by atoms with van der Waals surface area (Å²) in [6.45, 7) is 6.04. The number of nitrogens with one attached hydrogen (secondary N) is 1. The second kappa shape index (κ2) is 11.2. The van der Waals surface area contributed by atoms with Crippen molar-refractivity contribution in [1.82, 2.24) is 20.2 Å². The molecule has 35 heavy (non-hydrogen) atoms. The van der Waals surface area contributed by atoms with Gasteiger partial charge in [-0.1, -0.05) is 35.9 Å². The summed E-state index contributed by atoms with van der Waals surface area (Å²) >= 11 is 6.62. The minimum atomic E-state index is -0.123. The van der Waals surface area contributed by atoms with Gasteiger partial charge in [0.05, 0.1) is 23.8 Å². The summed E-state index contributed by atoms with van der Waals surface area (Å²) in [6, 6.07) is 13.8. The van der Waals surface area contributed by atoms with Gasteiger partial charge in [-0.2, -0.15) is 0 Å². The molecule has 2 fully saturated rings. The summed E-state index contributed by atoms with van der Waals surface area (Å²) in [7, 11) is 0. The highest BCUT2D eigenvalue weighted by Crippen LogP contribution is 2.30. The fourth-order valence-electron chi connectivity index (χ4n) is 4.70. The molecule has 0 unspecified atom stereocenters. The van der Waals surface area contributed by atoms with E-state index in [1.807, 2.05) is 30.5 Å². The number of morpholine rings is 1. The molecule has 0 saturated carbocycles. The Bertz CT molecular complexity index is 1130. The Labute approximate surface area is 211 Å². The summed E-state index contributed by atoms with van der Waals surface area (Å²) in [5, 5.41) is 3.65. The standard InChI is InChI=1S/C27H30ClN5O2/c28-26-23(21-3-2-10-29-18-21)4-1-5-24(26)27(34)31-22-8-11-32(12-9-22)19-20-6-7-25(30-17-20)33-13-15-35-16-14-33/h1-7,10,17-18,22H,8-9,11-16,19H2,(H,31,34). The van der Waals surface area contributed by atoms with E-state index >= 15 is 0 Å². The fourth-order valence-corrected chi connectivity index (χ4v) is 5.02. The number of carbonyl (C=O) groups excluding carboxylic acids is 1. The van der Waals surface area contributed by atoms with E-state index in [4.69, 9.17) is 16.3 Å². The molecule has 5 rings (SSSR count). The van der Waals surface area contributed by atoms with Gasteiger partial charge < -0.3 is 15.0 Å². The lowest BCUT2D eigenvalue weighted by atomic mass is 10.0. The Hall–Kier alpha value is -3.00. The molecule has 4 heterocycles. The summed E-state index contributed by atoms with van der Waals surface area (Å²) in [5.74, 6) is 0.895. The second-order valence-electron chi connectivity index (χ2n) is 9.06. The number of amides is 1. The van der Waals surface area contributed by atoms with E-state index in [0.717, 1.165) is 75.7 Å². The number of rotatable bonds is 6. The van der Waals surface area contributed by atoms with E-state index in [2.05, 4.69) is 37.2 Å². The zero-order valence-electron chi connectivity index (χ0n) is 19.7. The minimum absolute atomic E-state index is 0.123. The highest BCUT2D eigenvalue weighted by atomic mass is 35.5. The number of halogens is 1. The summed E-state index contributed by atoms with van der Waals surface area (Å²) in [6.07, 6.45) is 7.27. The first kappa shape index (κ1) is 23.7. The largest absolute Gasteiger partial charge is 0.378 e. The lowest BCUT2D eigenvalue weighted by Gasteiger charge is -2.32. The molecule has 0 atom stereocenters. The van der Waals surface area contributed by atoms with Crippen molar-refractivity contribution in [2.75, 3.05) is 44.3 Å². The predicted molar refractivity (Wildman–Crippen MR) is 138 cm³/mol. The number of carbonyl (C=O) groups is 1. The first-order valence-corrected chi connectivity index (χ1v) is 12.5. The van der Waals surface area contributed by atoms with Crippen LogP contribution in [0.25, 0.3) is 11.1 Å². The van der Waals surface area contributed by atoms with Crippen LogP contribution in [0.5, 0.6) is 0 Å². The maximum absolute atomic E-state index is 13.0. The maximum atomic E-state index is 13.0. The van der Waals surface area contributed by atoms with Crippen molar-refractivity contribution >= 4 is 23.3 Å². The Morgan fingerprint density at radius 2 is 1.86 bits per heavy atom. The number of benzene rings is 1. The quantitative estimate of drug-likeness (QED) is 0.561. The molecule has 2 aromatic heterocycles. The molecule has 3 aromatic rings. The molecule has 0 aliphatic carbocycles. The molecular formula is C27H30ClN5O2. The van der Waals surface area contributed by atoms with E-state index in [0.29, 0.717) is 10.6 Å². The van der Waals surface area contributed by atoms with Crippen LogP contribution in [0.15, 0.2) is 61.1 Å². The summed E-state index contributed by atoms with van der Waals surface area (Å²) < 4.78 is 5.42. The van der Waals surface area contributed by atoms with Gasteiger partial charge in [-0.05, 0) is 36.6 Å². The minimum Gasteiger partial charge on any atom is -0.378 e. The van der Waals surface area contributed by atoms with Crippen LogP contribution >= 0.6 is 11.6 Å². The van der Waals surface area contributed by atoms with Gasteiger partial charge in [0, 0.05) is 68.5 Å². The molecule has 0 spiro atoms. The first-order chi connectivity index (χ1) is 17.2. The van der Waals surface area contributed by atoms with Crippen molar-refractivity contribution in [3.05, 3.63) is 77.2 Å². The van der Waals surface area contributed by atoms with Crippen LogP contribution in [-0.2, 0) is 11.3 Å². The van der Waals surface area contributed by atoms with Gasteiger partial charge in [0.1, 0.15) is 5.82 Å². The van der Waals surface area contributed by atoms with Crippen molar-refractivity contribution in [2.24, 2.45) is 0 Å². The molecule has 182 valence electrons. The van der Waals surface area contributed by atoms with Crippen molar-refractivity contribution in [3.8, 4) is 11.1 Å². The van der Waals surface area contributed by atoms with Gasteiger partial charge in [0.15, 0.2) is 0 Å². The van der Waals surface area contributed by atoms with E-state index in [1.54, 1.807) is 18.5 Å². The summed E-state index contributed by atoms with van der Waals surface area (Å²) in [5.41, 5.74) is 3.42. The second-order valence-corrected chi connectivity index (χ2v) is 9.43. The fraction of sp³-hybridized carbons (Fsp3) is 0.370. The Morgan fingerprint density at radius 3 is 2.57 bits per heavy atom. The molecule has 1 aromatic carbocycles. The zero-order valence-corrected chi connectivity index (χ0v) is 20.5. The number of anilines is 1. The van der Waals surface area contributed by atoms with Crippen LogP contribution in [0, 0.1) is 0 Å². The van der Waals surface area contributed by atoms with Gasteiger partial charge in [-0.25, -0.2) is 4.98 Å². The maximum Gasteiger partial charge on any atom is 0.253 e. The number of ether oxygens (including phenoxy) is 1. The molecule has 1 amide bonds. The van der Waals surface area contributed by atoms with Gasteiger partial charge >= 0.3 is 0 Å². The monoisotopic (exact) mass is 491 g/mol. The normalized spacial score (nSPS) is 17.3. The molecule has 1 N–H and O–H groups in total. The third-order valence-corrected chi connectivity index (χ3v) is 7.10. The Morgan fingerprint density at radius 1 is 1.03 bits per heavy atom. The Balaban J connectivity index is 1.13. The van der Waals surface area contributed by atoms with Gasteiger partial charge in [-0.15, -0.1) is 0 Å². The molecule has 0 radical (unpaired) electrons. The van der Waals surface area contributed by atoms with Crippen molar-refractivity contribution in [3.63, 3.8) is 0 Å². The van der Waals surface area contributed by atoms with E-state index in [1.165, 1.54) is 5.56 Å². The molecule has 2 saturated heterocycles. The molecule has 2 aliphatic heterocycles. The number of aromatic nitrogens is 2. The van der Waals surface area contributed by atoms with Crippen LogP contribution in [0.2, 0.25) is 5.02 Å².